The number of hydrogen-bond acceptors (Lipinski definition) is 1. The third-order valence-corrected chi connectivity index (χ3v) is 5.31. The van der Waals surface area contributed by atoms with Crippen LogP contribution in [0.4, 0.5) is 0 Å². The van der Waals surface area contributed by atoms with Gasteiger partial charge >= 0.3 is 0 Å². The van der Waals surface area contributed by atoms with Gasteiger partial charge in [-0.05, 0) is 23.3 Å². The summed E-state index contributed by atoms with van der Waals surface area (Å²) in [6, 6.07) is 0. The molecule has 0 fully saturated rings. The first-order chi connectivity index (χ1) is 5.18. The van der Waals surface area contributed by atoms with E-state index in [2.05, 4.69) is 45.7 Å². The summed E-state index contributed by atoms with van der Waals surface area (Å²) in [5.41, 5.74) is 0.447. The van der Waals surface area contributed by atoms with Crippen LogP contribution < -0.4 is 0 Å². The Labute approximate surface area is 91.2 Å². The zero-order chi connectivity index (χ0) is 8.74. The Bertz CT molecular complexity index is 92.1. The van der Waals surface area contributed by atoms with Gasteiger partial charge < -0.3 is 0 Å². The van der Waals surface area contributed by atoms with E-state index in [1.54, 1.807) is 0 Å². The van der Waals surface area contributed by atoms with Crippen molar-refractivity contribution in [3.05, 3.63) is 0 Å². The average molecular weight is 304 g/mol. The van der Waals surface area contributed by atoms with Crippen molar-refractivity contribution in [3.63, 3.8) is 0 Å². The van der Waals surface area contributed by atoms with Crippen LogP contribution in [0, 0.1) is 5.41 Å². The highest BCUT2D eigenvalue weighted by Crippen LogP contribution is 2.28. The fourth-order valence-electron chi connectivity index (χ4n) is 0.632. The predicted octanol–water partition coefficient (Wildman–Crippen LogP) is 3.93. The molecule has 0 saturated carbocycles. The lowest BCUT2D eigenvalue weighted by molar-refractivity contribution is 0.428. The van der Waals surface area contributed by atoms with E-state index in [1.807, 2.05) is 11.8 Å². The molecule has 0 aliphatic rings. The first-order valence-electron chi connectivity index (χ1n) is 3.88. The van der Waals surface area contributed by atoms with Gasteiger partial charge in [-0.25, -0.2) is 0 Å². The van der Waals surface area contributed by atoms with Gasteiger partial charge in [-0.1, -0.05) is 45.7 Å². The molecule has 0 saturated heterocycles. The maximum atomic E-state index is 3.54. The van der Waals surface area contributed by atoms with Gasteiger partial charge in [-0.2, -0.15) is 11.8 Å². The molecule has 0 aliphatic carbocycles. The summed E-state index contributed by atoms with van der Waals surface area (Å²) in [4.78, 5) is 0. The van der Waals surface area contributed by atoms with Crippen LogP contribution in [0.5, 0.6) is 0 Å². The molecule has 0 radical (unpaired) electrons. The summed E-state index contributed by atoms with van der Waals surface area (Å²) in [6.07, 6.45) is 1.29. The Morgan fingerprint density at radius 3 is 2.18 bits per heavy atom. The maximum Gasteiger partial charge on any atom is 0.00936 e. The van der Waals surface area contributed by atoms with E-state index >= 15 is 0 Å². The van der Waals surface area contributed by atoms with Crippen molar-refractivity contribution in [2.75, 3.05) is 22.2 Å². The first kappa shape index (κ1) is 12.3. The summed E-state index contributed by atoms with van der Waals surface area (Å²) in [6.45, 7) is 4.52. The minimum absolute atomic E-state index is 0.447. The largest absolute Gasteiger partial charge is 0.162 e. The Kier molecular flexibility index (Phi) is 7.59. The summed E-state index contributed by atoms with van der Waals surface area (Å²) in [5.74, 6) is 2.52. The van der Waals surface area contributed by atoms with Crippen molar-refractivity contribution in [2.45, 2.75) is 20.3 Å². The number of rotatable bonds is 6. The van der Waals surface area contributed by atoms with E-state index in [4.69, 9.17) is 0 Å². The smallest absolute Gasteiger partial charge is 0.00936 e. The molecule has 11 heavy (non-hydrogen) atoms. The molecule has 0 aromatic rings. The Hall–Kier alpha value is 1.31. The highest BCUT2D eigenvalue weighted by molar-refractivity contribution is 9.09. The third kappa shape index (κ3) is 5.53. The second-order valence-corrected chi connectivity index (χ2v) is 5.54. The van der Waals surface area contributed by atoms with Crippen LogP contribution in [-0.4, -0.2) is 22.2 Å². The van der Waals surface area contributed by atoms with Crippen molar-refractivity contribution in [2.24, 2.45) is 5.41 Å². The standard InChI is InChI=1S/C8H16Br2S/c1-3-11-5-4-8(2,6-9)7-10/h3-7H2,1-2H3. The number of halogens is 2. The SMILES string of the molecule is CCSCCC(C)(CBr)CBr. The number of thioether (sulfide) groups is 1. The lowest BCUT2D eigenvalue weighted by Crippen LogP contribution is -2.20. The quantitative estimate of drug-likeness (QED) is 0.529. The minimum atomic E-state index is 0.447. The van der Waals surface area contributed by atoms with Crippen LogP contribution in [0.3, 0.4) is 0 Å². The van der Waals surface area contributed by atoms with Crippen LogP contribution in [0.1, 0.15) is 20.3 Å². The van der Waals surface area contributed by atoms with Crippen LogP contribution in [-0.2, 0) is 0 Å². The molecule has 0 spiro atoms. The van der Waals surface area contributed by atoms with Crippen molar-refractivity contribution < 1.29 is 0 Å². The zero-order valence-corrected chi connectivity index (χ0v) is 11.2. The fourth-order valence-corrected chi connectivity index (χ4v) is 3.05. The van der Waals surface area contributed by atoms with Gasteiger partial charge in [0.15, 0.2) is 0 Å². The maximum absolute atomic E-state index is 3.54. The second kappa shape index (κ2) is 6.79. The normalized spacial score (nSPS) is 12.0. The molecule has 0 aromatic heterocycles. The Morgan fingerprint density at radius 2 is 1.82 bits per heavy atom. The van der Waals surface area contributed by atoms with Gasteiger partial charge in [-0.3, -0.25) is 0 Å². The van der Waals surface area contributed by atoms with E-state index in [0.717, 1.165) is 10.7 Å². The molecule has 0 unspecified atom stereocenters. The molecule has 0 aliphatic heterocycles. The summed E-state index contributed by atoms with van der Waals surface area (Å²) >= 11 is 9.11. The van der Waals surface area contributed by atoms with Gasteiger partial charge in [0.1, 0.15) is 0 Å². The van der Waals surface area contributed by atoms with Crippen molar-refractivity contribution in [3.8, 4) is 0 Å². The predicted molar refractivity (Wildman–Crippen MR) is 63.3 cm³/mol. The van der Waals surface area contributed by atoms with Crippen LogP contribution >= 0.6 is 43.6 Å². The average Bonchev–Trinajstić information content (AvgIpc) is 2.05. The van der Waals surface area contributed by atoms with Gasteiger partial charge in [0, 0.05) is 10.7 Å². The van der Waals surface area contributed by atoms with Crippen LogP contribution in [0.2, 0.25) is 0 Å². The molecule has 0 rings (SSSR count). The van der Waals surface area contributed by atoms with E-state index in [0.29, 0.717) is 5.41 Å². The van der Waals surface area contributed by atoms with E-state index in [1.165, 1.54) is 17.9 Å². The van der Waals surface area contributed by atoms with Crippen molar-refractivity contribution >= 4 is 43.6 Å². The molecule has 0 amide bonds. The first-order valence-corrected chi connectivity index (χ1v) is 7.28. The van der Waals surface area contributed by atoms with Crippen molar-refractivity contribution in [1.82, 2.24) is 0 Å². The van der Waals surface area contributed by atoms with Gasteiger partial charge in [0.2, 0.25) is 0 Å². The lowest BCUT2D eigenvalue weighted by Gasteiger charge is -2.23. The molecule has 0 nitrogen and oxygen atoms in total. The molecule has 0 bridgehead atoms. The molecule has 0 atom stereocenters. The van der Waals surface area contributed by atoms with Gasteiger partial charge in [-0.15, -0.1) is 0 Å². The lowest BCUT2D eigenvalue weighted by atomic mass is 9.93. The zero-order valence-electron chi connectivity index (χ0n) is 7.20. The summed E-state index contributed by atoms with van der Waals surface area (Å²) in [7, 11) is 0. The molecule has 0 aromatic carbocycles. The Morgan fingerprint density at radius 1 is 1.27 bits per heavy atom. The van der Waals surface area contributed by atoms with E-state index < -0.39 is 0 Å². The highest BCUT2D eigenvalue weighted by atomic mass is 79.9. The third-order valence-electron chi connectivity index (χ3n) is 1.70. The molecule has 3 heteroatoms. The van der Waals surface area contributed by atoms with Crippen LogP contribution in [0.25, 0.3) is 0 Å². The molecular weight excluding hydrogens is 288 g/mol. The molecule has 0 heterocycles. The van der Waals surface area contributed by atoms with Crippen LogP contribution in [0.15, 0.2) is 0 Å². The Balaban J connectivity index is 3.51. The number of hydrogen-bond donors (Lipinski definition) is 0. The molecule has 0 N–H and O–H groups in total. The monoisotopic (exact) mass is 302 g/mol. The van der Waals surface area contributed by atoms with E-state index in [-0.39, 0.29) is 0 Å². The molecular formula is C8H16Br2S. The summed E-state index contributed by atoms with van der Waals surface area (Å²) < 4.78 is 0. The van der Waals surface area contributed by atoms with Crippen molar-refractivity contribution in [1.29, 1.82) is 0 Å². The second-order valence-electron chi connectivity index (χ2n) is 3.02. The van der Waals surface area contributed by atoms with E-state index in [9.17, 15) is 0 Å². The van der Waals surface area contributed by atoms with Gasteiger partial charge in [0.25, 0.3) is 0 Å². The van der Waals surface area contributed by atoms with Gasteiger partial charge in [0.05, 0.1) is 0 Å². The summed E-state index contributed by atoms with van der Waals surface area (Å²) in [5, 5.41) is 2.19. The fraction of sp³-hybridized carbons (Fsp3) is 1.00. The minimum Gasteiger partial charge on any atom is -0.162 e. The molecule has 68 valence electrons. The topological polar surface area (TPSA) is 0 Å². The highest BCUT2D eigenvalue weighted by Gasteiger charge is 2.20. The number of alkyl halides is 2.